The first kappa shape index (κ1) is 16.8. The number of hydrogen-bond donors (Lipinski definition) is 1. The molecule has 0 unspecified atom stereocenters. The van der Waals surface area contributed by atoms with Crippen molar-refractivity contribution in [3.05, 3.63) is 29.8 Å². The standard InChI is InChI=1S/C19H26N2O3/c1-3-18(22)20-14-5-4-10-21(12-14)19(23)17-11-16(17)13-6-8-15(24-2)9-7-13/h6-9,14,16-17H,3-5,10-12H2,1-2H3,(H,20,22)/t14-,16+,17+/m1/s1. The van der Waals surface area contributed by atoms with Gasteiger partial charge in [-0.15, -0.1) is 0 Å². The molecular weight excluding hydrogens is 304 g/mol. The highest BCUT2D eigenvalue weighted by Gasteiger charge is 2.46. The van der Waals surface area contributed by atoms with Gasteiger partial charge in [0, 0.05) is 31.5 Å². The maximum Gasteiger partial charge on any atom is 0.226 e. The number of amides is 2. The lowest BCUT2D eigenvalue weighted by molar-refractivity contribution is -0.135. The molecule has 2 fully saturated rings. The third kappa shape index (κ3) is 3.71. The van der Waals surface area contributed by atoms with Crippen molar-refractivity contribution in [2.24, 2.45) is 5.92 Å². The van der Waals surface area contributed by atoms with E-state index in [1.165, 1.54) is 5.56 Å². The van der Waals surface area contributed by atoms with Gasteiger partial charge in [0.2, 0.25) is 11.8 Å². The number of ether oxygens (including phenoxy) is 1. The van der Waals surface area contributed by atoms with Crippen molar-refractivity contribution in [1.82, 2.24) is 10.2 Å². The van der Waals surface area contributed by atoms with E-state index in [0.29, 0.717) is 18.9 Å². The van der Waals surface area contributed by atoms with Crippen LogP contribution in [0, 0.1) is 5.92 Å². The Hall–Kier alpha value is -2.04. The van der Waals surface area contributed by atoms with Crippen molar-refractivity contribution in [3.63, 3.8) is 0 Å². The highest BCUT2D eigenvalue weighted by molar-refractivity contribution is 5.83. The van der Waals surface area contributed by atoms with Gasteiger partial charge in [-0.3, -0.25) is 9.59 Å². The average Bonchev–Trinajstić information content (AvgIpc) is 3.42. The molecule has 1 aromatic rings. The Kier molecular flexibility index (Phi) is 5.07. The molecule has 0 radical (unpaired) electrons. The zero-order chi connectivity index (χ0) is 17.1. The van der Waals surface area contributed by atoms with E-state index in [9.17, 15) is 9.59 Å². The number of carbonyl (C=O) groups is 2. The first-order valence-corrected chi connectivity index (χ1v) is 8.84. The molecule has 130 valence electrons. The van der Waals surface area contributed by atoms with Gasteiger partial charge in [-0.05, 0) is 42.9 Å². The molecule has 0 spiro atoms. The van der Waals surface area contributed by atoms with E-state index in [1.807, 2.05) is 24.0 Å². The van der Waals surface area contributed by atoms with Crippen LogP contribution in [0.4, 0.5) is 0 Å². The number of piperidine rings is 1. The summed E-state index contributed by atoms with van der Waals surface area (Å²) in [5.74, 6) is 1.57. The lowest BCUT2D eigenvalue weighted by Crippen LogP contribution is -2.50. The van der Waals surface area contributed by atoms with Crippen molar-refractivity contribution in [1.29, 1.82) is 0 Å². The van der Waals surface area contributed by atoms with Gasteiger partial charge in [0.1, 0.15) is 5.75 Å². The molecule has 3 rings (SSSR count). The fourth-order valence-corrected chi connectivity index (χ4v) is 3.55. The Bertz CT molecular complexity index is 599. The summed E-state index contributed by atoms with van der Waals surface area (Å²) in [7, 11) is 1.66. The zero-order valence-corrected chi connectivity index (χ0v) is 14.5. The lowest BCUT2D eigenvalue weighted by Gasteiger charge is -2.33. The number of nitrogens with one attached hydrogen (secondary N) is 1. The maximum atomic E-state index is 12.8. The summed E-state index contributed by atoms with van der Waals surface area (Å²) in [5.41, 5.74) is 1.21. The van der Waals surface area contributed by atoms with Crippen LogP contribution in [0.15, 0.2) is 24.3 Å². The summed E-state index contributed by atoms with van der Waals surface area (Å²) in [6.07, 6.45) is 3.34. The van der Waals surface area contributed by atoms with E-state index in [0.717, 1.165) is 31.6 Å². The number of rotatable bonds is 5. The molecular formula is C19H26N2O3. The fourth-order valence-electron chi connectivity index (χ4n) is 3.55. The SMILES string of the molecule is CCC(=O)N[C@@H]1CCCN(C(=O)[C@H]2C[C@H]2c2ccc(OC)cc2)C1. The van der Waals surface area contributed by atoms with E-state index >= 15 is 0 Å². The molecule has 1 aliphatic carbocycles. The molecule has 5 heteroatoms. The maximum absolute atomic E-state index is 12.8. The quantitative estimate of drug-likeness (QED) is 0.901. The average molecular weight is 330 g/mol. The monoisotopic (exact) mass is 330 g/mol. The predicted octanol–water partition coefficient (Wildman–Crippen LogP) is 2.32. The second kappa shape index (κ2) is 7.24. The molecule has 24 heavy (non-hydrogen) atoms. The van der Waals surface area contributed by atoms with E-state index in [1.54, 1.807) is 7.11 Å². The minimum Gasteiger partial charge on any atom is -0.497 e. The van der Waals surface area contributed by atoms with Gasteiger partial charge in [-0.2, -0.15) is 0 Å². The highest BCUT2D eigenvalue weighted by Crippen LogP contribution is 2.48. The molecule has 0 aromatic heterocycles. The van der Waals surface area contributed by atoms with Gasteiger partial charge in [-0.1, -0.05) is 19.1 Å². The molecule has 3 atom stereocenters. The van der Waals surface area contributed by atoms with E-state index in [2.05, 4.69) is 17.4 Å². The zero-order valence-electron chi connectivity index (χ0n) is 14.5. The largest absolute Gasteiger partial charge is 0.497 e. The summed E-state index contributed by atoms with van der Waals surface area (Å²) in [4.78, 5) is 26.3. The van der Waals surface area contributed by atoms with Crippen LogP contribution in [0.5, 0.6) is 5.75 Å². The summed E-state index contributed by atoms with van der Waals surface area (Å²) in [6.45, 7) is 3.31. The minimum atomic E-state index is 0.0665. The number of methoxy groups -OCH3 is 1. The van der Waals surface area contributed by atoms with Crippen molar-refractivity contribution >= 4 is 11.8 Å². The van der Waals surface area contributed by atoms with Crippen LogP contribution in [-0.4, -0.2) is 43.0 Å². The summed E-state index contributed by atoms with van der Waals surface area (Å²) >= 11 is 0. The number of hydrogen-bond acceptors (Lipinski definition) is 3. The van der Waals surface area contributed by atoms with Crippen LogP contribution in [0.3, 0.4) is 0 Å². The summed E-state index contributed by atoms with van der Waals surface area (Å²) < 4.78 is 5.18. The minimum absolute atomic E-state index is 0.0665. The molecule has 1 heterocycles. The molecule has 2 amide bonds. The fraction of sp³-hybridized carbons (Fsp3) is 0.579. The van der Waals surface area contributed by atoms with E-state index in [-0.39, 0.29) is 23.8 Å². The summed E-state index contributed by atoms with van der Waals surface area (Å²) in [6, 6.07) is 8.11. The Morgan fingerprint density at radius 3 is 2.71 bits per heavy atom. The molecule has 1 aliphatic heterocycles. The van der Waals surface area contributed by atoms with Gasteiger partial charge in [0.15, 0.2) is 0 Å². The number of carbonyl (C=O) groups excluding carboxylic acids is 2. The Morgan fingerprint density at radius 1 is 1.29 bits per heavy atom. The van der Waals surface area contributed by atoms with Gasteiger partial charge < -0.3 is 15.0 Å². The molecule has 1 saturated carbocycles. The van der Waals surface area contributed by atoms with Gasteiger partial charge in [0.05, 0.1) is 7.11 Å². The second-order valence-electron chi connectivity index (χ2n) is 6.77. The topological polar surface area (TPSA) is 58.6 Å². The first-order valence-electron chi connectivity index (χ1n) is 8.84. The molecule has 1 saturated heterocycles. The van der Waals surface area contributed by atoms with Crippen LogP contribution in [-0.2, 0) is 9.59 Å². The van der Waals surface area contributed by atoms with Crippen LogP contribution < -0.4 is 10.1 Å². The number of likely N-dealkylation sites (tertiary alicyclic amines) is 1. The van der Waals surface area contributed by atoms with Crippen LogP contribution in [0.25, 0.3) is 0 Å². The first-order chi connectivity index (χ1) is 11.6. The van der Waals surface area contributed by atoms with Gasteiger partial charge >= 0.3 is 0 Å². The molecule has 1 aromatic carbocycles. The third-order valence-corrected chi connectivity index (χ3v) is 5.07. The summed E-state index contributed by atoms with van der Waals surface area (Å²) in [5, 5.41) is 3.02. The second-order valence-corrected chi connectivity index (χ2v) is 6.77. The van der Waals surface area contributed by atoms with E-state index in [4.69, 9.17) is 4.74 Å². The number of nitrogens with zero attached hydrogens (tertiary/aromatic N) is 1. The molecule has 2 aliphatic rings. The molecule has 0 bridgehead atoms. The van der Waals surface area contributed by atoms with Gasteiger partial charge in [-0.25, -0.2) is 0 Å². The van der Waals surface area contributed by atoms with Crippen LogP contribution in [0.1, 0.15) is 44.1 Å². The van der Waals surface area contributed by atoms with Crippen LogP contribution >= 0.6 is 0 Å². The van der Waals surface area contributed by atoms with Gasteiger partial charge in [0.25, 0.3) is 0 Å². The lowest BCUT2D eigenvalue weighted by atomic mass is 10.0. The van der Waals surface area contributed by atoms with Crippen molar-refractivity contribution in [3.8, 4) is 5.75 Å². The molecule has 1 N–H and O–H groups in total. The predicted molar refractivity (Wildman–Crippen MR) is 91.9 cm³/mol. The molecule has 5 nitrogen and oxygen atoms in total. The highest BCUT2D eigenvalue weighted by atomic mass is 16.5. The van der Waals surface area contributed by atoms with Crippen molar-refractivity contribution in [2.45, 2.75) is 44.6 Å². The van der Waals surface area contributed by atoms with Crippen LogP contribution in [0.2, 0.25) is 0 Å². The van der Waals surface area contributed by atoms with E-state index < -0.39 is 0 Å². The van der Waals surface area contributed by atoms with Crippen molar-refractivity contribution in [2.75, 3.05) is 20.2 Å². The number of benzene rings is 1. The Morgan fingerprint density at radius 2 is 2.04 bits per heavy atom. The normalized spacial score (nSPS) is 25.9. The Labute approximate surface area is 143 Å². The smallest absolute Gasteiger partial charge is 0.226 e. The third-order valence-electron chi connectivity index (χ3n) is 5.07. The Balaban J connectivity index is 1.56. The van der Waals surface area contributed by atoms with Crippen molar-refractivity contribution < 1.29 is 14.3 Å².